The van der Waals surface area contributed by atoms with Gasteiger partial charge in [0.2, 0.25) is 11.9 Å². The van der Waals surface area contributed by atoms with Crippen molar-refractivity contribution in [2.24, 2.45) is 11.8 Å². The second kappa shape index (κ2) is 7.08. The number of benzene rings is 1. The van der Waals surface area contributed by atoms with Crippen LogP contribution in [0.4, 0.5) is 16.2 Å². The molecular formula is C15H19N3O5. The molecule has 0 saturated heterocycles. The third-order valence-corrected chi connectivity index (χ3v) is 3.29. The third kappa shape index (κ3) is 4.94. The van der Waals surface area contributed by atoms with Gasteiger partial charge in [0.15, 0.2) is 0 Å². The summed E-state index contributed by atoms with van der Waals surface area (Å²) in [7, 11) is 0. The minimum Gasteiger partial charge on any atom is -0.449 e. The van der Waals surface area contributed by atoms with Gasteiger partial charge in [-0.3, -0.25) is 20.2 Å². The predicted octanol–water partition coefficient (Wildman–Crippen LogP) is 2.49. The molecule has 1 aliphatic rings. The molecule has 124 valence electrons. The van der Waals surface area contributed by atoms with Crippen LogP contribution in [0.1, 0.15) is 20.3 Å². The van der Waals surface area contributed by atoms with E-state index >= 15 is 0 Å². The first-order valence-electron chi connectivity index (χ1n) is 7.35. The molecule has 1 fully saturated rings. The van der Waals surface area contributed by atoms with Crippen molar-refractivity contribution in [1.82, 2.24) is 0 Å². The molecule has 1 saturated carbocycles. The second-order valence-electron chi connectivity index (χ2n) is 5.88. The smallest absolute Gasteiger partial charge is 0.411 e. The molecule has 0 radical (unpaired) electrons. The highest BCUT2D eigenvalue weighted by molar-refractivity contribution is 5.95. The molecule has 0 heterocycles. The molecule has 2 atom stereocenters. The fourth-order valence-electron chi connectivity index (χ4n) is 2.00. The van der Waals surface area contributed by atoms with Gasteiger partial charge in [0.05, 0.1) is 6.61 Å². The lowest BCUT2D eigenvalue weighted by Gasteiger charge is -2.10. The quantitative estimate of drug-likeness (QED) is 0.617. The van der Waals surface area contributed by atoms with Crippen LogP contribution in [0.25, 0.3) is 0 Å². The van der Waals surface area contributed by atoms with Gasteiger partial charge in [0.25, 0.3) is 0 Å². The van der Waals surface area contributed by atoms with Gasteiger partial charge in [-0.25, -0.2) is 4.79 Å². The van der Waals surface area contributed by atoms with E-state index in [0.717, 1.165) is 0 Å². The van der Waals surface area contributed by atoms with Crippen molar-refractivity contribution in [2.75, 3.05) is 17.2 Å². The van der Waals surface area contributed by atoms with E-state index in [4.69, 9.17) is 4.74 Å². The first kappa shape index (κ1) is 16.7. The SMILES string of the molecule is CC(C)COC(=O)Nc1cccc(NC(=O)C2CC2[N+](=O)[O-])c1. The van der Waals surface area contributed by atoms with Crippen molar-refractivity contribution in [3.63, 3.8) is 0 Å². The van der Waals surface area contributed by atoms with Gasteiger partial charge >= 0.3 is 6.09 Å². The summed E-state index contributed by atoms with van der Waals surface area (Å²) in [5.41, 5.74) is 0.934. The number of nitrogens with zero attached hydrogens (tertiary/aromatic N) is 1. The molecule has 1 aromatic carbocycles. The van der Waals surface area contributed by atoms with Gasteiger partial charge in [-0.2, -0.15) is 0 Å². The van der Waals surface area contributed by atoms with E-state index in [-0.39, 0.29) is 18.2 Å². The van der Waals surface area contributed by atoms with Crippen molar-refractivity contribution in [1.29, 1.82) is 0 Å². The molecule has 0 aromatic heterocycles. The number of amides is 2. The molecule has 23 heavy (non-hydrogen) atoms. The number of carbonyl (C=O) groups excluding carboxylic acids is 2. The summed E-state index contributed by atoms with van der Waals surface area (Å²) in [4.78, 5) is 33.6. The van der Waals surface area contributed by atoms with E-state index in [9.17, 15) is 19.7 Å². The fourth-order valence-corrected chi connectivity index (χ4v) is 2.00. The van der Waals surface area contributed by atoms with Crippen molar-refractivity contribution in [3.05, 3.63) is 34.4 Å². The Morgan fingerprint density at radius 1 is 1.35 bits per heavy atom. The molecule has 0 spiro atoms. The topological polar surface area (TPSA) is 111 Å². The van der Waals surface area contributed by atoms with Crippen LogP contribution in [-0.4, -0.2) is 29.6 Å². The van der Waals surface area contributed by atoms with Gasteiger partial charge in [0.1, 0.15) is 5.92 Å². The molecule has 2 amide bonds. The number of ether oxygens (including phenoxy) is 1. The fraction of sp³-hybridized carbons (Fsp3) is 0.467. The largest absolute Gasteiger partial charge is 0.449 e. The summed E-state index contributed by atoms with van der Waals surface area (Å²) >= 11 is 0. The summed E-state index contributed by atoms with van der Waals surface area (Å²) in [6.45, 7) is 4.17. The zero-order valence-electron chi connectivity index (χ0n) is 12.9. The van der Waals surface area contributed by atoms with Crippen LogP contribution in [0, 0.1) is 22.0 Å². The van der Waals surface area contributed by atoms with Gasteiger partial charge in [-0.15, -0.1) is 0 Å². The molecule has 0 bridgehead atoms. The number of hydrogen-bond acceptors (Lipinski definition) is 5. The average Bonchev–Trinajstić information content (AvgIpc) is 3.26. The van der Waals surface area contributed by atoms with E-state index in [1.54, 1.807) is 24.3 Å². The lowest BCUT2D eigenvalue weighted by atomic mass is 10.2. The zero-order chi connectivity index (χ0) is 17.0. The minimum absolute atomic E-state index is 0.236. The highest BCUT2D eigenvalue weighted by Gasteiger charge is 2.53. The minimum atomic E-state index is -0.790. The zero-order valence-corrected chi connectivity index (χ0v) is 12.9. The van der Waals surface area contributed by atoms with Gasteiger partial charge < -0.3 is 10.1 Å². The van der Waals surface area contributed by atoms with Gasteiger partial charge in [-0.1, -0.05) is 19.9 Å². The van der Waals surface area contributed by atoms with Crippen molar-refractivity contribution in [3.8, 4) is 0 Å². The number of anilines is 2. The Morgan fingerprint density at radius 3 is 2.57 bits per heavy atom. The third-order valence-electron chi connectivity index (χ3n) is 3.29. The first-order chi connectivity index (χ1) is 10.9. The highest BCUT2D eigenvalue weighted by atomic mass is 16.6. The average molecular weight is 321 g/mol. The van der Waals surface area contributed by atoms with E-state index < -0.39 is 23.0 Å². The monoisotopic (exact) mass is 321 g/mol. The molecule has 2 unspecified atom stereocenters. The Bertz CT molecular complexity index is 617. The van der Waals surface area contributed by atoms with E-state index in [1.165, 1.54) is 0 Å². The molecule has 2 N–H and O–H groups in total. The molecular weight excluding hydrogens is 302 g/mol. The lowest BCUT2D eigenvalue weighted by Crippen LogP contribution is -2.19. The maximum Gasteiger partial charge on any atom is 0.411 e. The van der Waals surface area contributed by atoms with Crippen LogP contribution in [0.2, 0.25) is 0 Å². The predicted molar refractivity (Wildman–Crippen MR) is 83.8 cm³/mol. The van der Waals surface area contributed by atoms with E-state index in [1.807, 2.05) is 13.8 Å². The summed E-state index contributed by atoms with van der Waals surface area (Å²) in [5, 5.41) is 15.8. The standard InChI is InChI=1S/C15H19N3O5/c1-9(2)8-23-15(20)17-11-5-3-4-10(6-11)16-14(19)12-7-13(12)18(21)22/h3-6,9,12-13H,7-8H2,1-2H3,(H,16,19)(H,17,20). The maximum atomic E-state index is 11.9. The first-order valence-corrected chi connectivity index (χ1v) is 7.35. The number of hydrogen-bond donors (Lipinski definition) is 2. The molecule has 1 aromatic rings. The van der Waals surface area contributed by atoms with Crippen LogP contribution in [0.5, 0.6) is 0 Å². The van der Waals surface area contributed by atoms with E-state index in [2.05, 4.69) is 10.6 Å². The van der Waals surface area contributed by atoms with Crippen LogP contribution in [-0.2, 0) is 9.53 Å². The number of rotatable bonds is 6. The van der Waals surface area contributed by atoms with E-state index in [0.29, 0.717) is 18.0 Å². The normalized spacial score (nSPS) is 19.1. The maximum absolute atomic E-state index is 11.9. The molecule has 8 heteroatoms. The van der Waals surface area contributed by atoms with Crippen LogP contribution in [0.15, 0.2) is 24.3 Å². The highest BCUT2D eigenvalue weighted by Crippen LogP contribution is 2.34. The lowest BCUT2D eigenvalue weighted by molar-refractivity contribution is -0.497. The molecule has 2 rings (SSSR count). The number of nitrogens with one attached hydrogen (secondary N) is 2. The Kier molecular flexibility index (Phi) is 5.15. The van der Waals surface area contributed by atoms with Crippen molar-refractivity contribution < 1.29 is 19.2 Å². The number of carbonyl (C=O) groups is 2. The molecule has 1 aliphatic carbocycles. The van der Waals surface area contributed by atoms with Crippen LogP contribution >= 0.6 is 0 Å². The van der Waals surface area contributed by atoms with Crippen LogP contribution < -0.4 is 10.6 Å². The van der Waals surface area contributed by atoms with Crippen molar-refractivity contribution >= 4 is 23.4 Å². The van der Waals surface area contributed by atoms with Gasteiger partial charge in [0, 0.05) is 22.7 Å². The molecule has 0 aliphatic heterocycles. The van der Waals surface area contributed by atoms with Crippen molar-refractivity contribution in [2.45, 2.75) is 26.3 Å². The summed E-state index contributed by atoms with van der Waals surface area (Å²) < 4.78 is 5.00. The number of nitro groups is 1. The Balaban J connectivity index is 1.88. The summed E-state index contributed by atoms with van der Waals surface area (Å²) in [6.07, 6.45) is -0.309. The Labute approximate surface area is 133 Å². The second-order valence-corrected chi connectivity index (χ2v) is 5.88. The van der Waals surface area contributed by atoms with Crippen LogP contribution in [0.3, 0.4) is 0 Å². The Hall–Kier alpha value is -2.64. The molecule has 8 nitrogen and oxygen atoms in total. The summed E-state index contributed by atoms with van der Waals surface area (Å²) in [6, 6.07) is 5.74. The summed E-state index contributed by atoms with van der Waals surface area (Å²) in [5.74, 6) is -0.733. The van der Waals surface area contributed by atoms with Gasteiger partial charge in [-0.05, 0) is 24.1 Å². The Morgan fingerprint density at radius 2 is 2.00 bits per heavy atom.